The second-order valence-electron chi connectivity index (χ2n) is 5.16. The van der Waals surface area contributed by atoms with Crippen molar-refractivity contribution in [2.24, 2.45) is 5.73 Å². The molecule has 3 heteroatoms. The predicted molar refractivity (Wildman–Crippen MR) is 87.5 cm³/mol. The van der Waals surface area contributed by atoms with E-state index in [9.17, 15) is 0 Å². The van der Waals surface area contributed by atoms with E-state index < -0.39 is 0 Å². The van der Waals surface area contributed by atoms with Crippen molar-refractivity contribution >= 4 is 33.0 Å². The van der Waals surface area contributed by atoms with Gasteiger partial charge in [-0.15, -0.1) is 11.3 Å². The van der Waals surface area contributed by atoms with E-state index in [2.05, 4.69) is 26.0 Å². The second kappa shape index (κ2) is 6.74. The van der Waals surface area contributed by atoms with E-state index in [4.69, 9.17) is 17.3 Å². The molecule has 0 fully saturated rings. The standard InChI is InChI=1S/C16H22ClNS/c1-3-4-5-7-12-13-8-6-9-14(17)16(13)19-15(12)11(2)10-18/h6,8-9,11H,3-5,7,10,18H2,1-2H3. The highest BCUT2D eigenvalue weighted by atomic mass is 35.5. The lowest BCUT2D eigenvalue weighted by Crippen LogP contribution is -2.09. The average Bonchev–Trinajstić information content (AvgIpc) is 2.79. The molecule has 0 bridgehead atoms. The number of aryl methyl sites for hydroxylation is 1. The molecule has 1 aromatic heterocycles. The summed E-state index contributed by atoms with van der Waals surface area (Å²) in [6.07, 6.45) is 4.94. The minimum absolute atomic E-state index is 0.421. The first kappa shape index (κ1) is 14.8. The zero-order valence-corrected chi connectivity index (χ0v) is 13.3. The molecule has 0 aliphatic rings. The molecule has 2 aromatic rings. The van der Waals surface area contributed by atoms with E-state index in [1.54, 1.807) is 0 Å². The Hall–Kier alpha value is -0.570. The summed E-state index contributed by atoms with van der Waals surface area (Å²) < 4.78 is 1.23. The highest BCUT2D eigenvalue weighted by Gasteiger charge is 2.17. The number of benzene rings is 1. The van der Waals surface area contributed by atoms with Crippen molar-refractivity contribution in [3.05, 3.63) is 33.7 Å². The van der Waals surface area contributed by atoms with Crippen LogP contribution in [0.2, 0.25) is 5.02 Å². The van der Waals surface area contributed by atoms with Gasteiger partial charge >= 0.3 is 0 Å². The number of hydrogen-bond acceptors (Lipinski definition) is 2. The van der Waals surface area contributed by atoms with Gasteiger partial charge in [-0.25, -0.2) is 0 Å². The molecule has 0 spiro atoms. The first-order valence-corrected chi connectivity index (χ1v) is 8.28. The summed E-state index contributed by atoms with van der Waals surface area (Å²) in [5, 5.41) is 2.21. The van der Waals surface area contributed by atoms with Crippen LogP contribution in [0.5, 0.6) is 0 Å². The summed E-state index contributed by atoms with van der Waals surface area (Å²) in [4.78, 5) is 1.43. The van der Waals surface area contributed by atoms with Gasteiger partial charge in [0.05, 0.1) is 9.72 Å². The topological polar surface area (TPSA) is 26.0 Å². The highest BCUT2D eigenvalue weighted by Crippen LogP contribution is 2.40. The van der Waals surface area contributed by atoms with Crippen LogP contribution < -0.4 is 5.73 Å². The third-order valence-corrected chi connectivity index (χ3v) is 5.57. The molecule has 0 aliphatic heterocycles. The van der Waals surface area contributed by atoms with Gasteiger partial charge in [-0.3, -0.25) is 0 Å². The van der Waals surface area contributed by atoms with E-state index in [1.807, 2.05) is 17.4 Å². The fourth-order valence-corrected chi connectivity index (χ4v) is 4.08. The number of thiophene rings is 1. The Morgan fingerprint density at radius 1 is 1.32 bits per heavy atom. The molecular formula is C16H22ClNS. The maximum absolute atomic E-state index is 6.33. The molecule has 1 nitrogen and oxygen atoms in total. The molecule has 1 aromatic carbocycles. The molecule has 0 aliphatic carbocycles. The Kier molecular flexibility index (Phi) is 5.26. The van der Waals surface area contributed by atoms with Crippen LogP contribution in [0.3, 0.4) is 0 Å². The van der Waals surface area contributed by atoms with Crippen LogP contribution in [0.25, 0.3) is 10.1 Å². The fraction of sp³-hybridized carbons (Fsp3) is 0.500. The summed E-state index contributed by atoms with van der Waals surface area (Å²) >= 11 is 8.16. The molecule has 1 atom stereocenters. The summed E-state index contributed by atoms with van der Waals surface area (Å²) in [5.74, 6) is 0.421. The van der Waals surface area contributed by atoms with Crippen LogP contribution in [0, 0.1) is 0 Å². The molecule has 0 radical (unpaired) electrons. The van der Waals surface area contributed by atoms with Crippen LogP contribution in [-0.4, -0.2) is 6.54 Å². The SMILES string of the molecule is CCCCCc1c(C(C)CN)sc2c(Cl)cccc12. The van der Waals surface area contributed by atoms with Crippen molar-refractivity contribution < 1.29 is 0 Å². The zero-order chi connectivity index (χ0) is 13.8. The molecule has 2 N–H and O–H groups in total. The van der Waals surface area contributed by atoms with Crippen molar-refractivity contribution in [1.82, 2.24) is 0 Å². The maximum Gasteiger partial charge on any atom is 0.0584 e. The molecule has 1 unspecified atom stereocenters. The highest BCUT2D eigenvalue weighted by molar-refractivity contribution is 7.20. The molecule has 104 valence electrons. The summed E-state index contributed by atoms with van der Waals surface area (Å²) in [5.41, 5.74) is 7.34. The van der Waals surface area contributed by atoms with E-state index in [1.165, 1.54) is 39.8 Å². The van der Waals surface area contributed by atoms with Crippen molar-refractivity contribution in [1.29, 1.82) is 0 Å². The molecule has 1 heterocycles. The normalized spacial score (nSPS) is 13.1. The number of unbranched alkanes of at least 4 members (excludes halogenated alkanes) is 2. The number of fused-ring (bicyclic) bond motifs is 1. The van der Waals surface area contributed by atoms with Gasteiger partial charge in [0.2, 0.25) is 0 Å². The summed E-state index contributed by atoms with van der Waals surface area (Å²) in [6.45, 7) is 5.15. The zero-order valence-electron chi connectivity index (χ0n) is 11.7. The minimum Gasteiger partial charge on any atom is -0.330 e. The number of hydrogen-bond donors (Lipinski definition) is 1. The number of nitrogens with two attached hydrogens (primary N) is 1. The van der Waals surface area contributed by atoms with Gasteiger partial charge in [-0.05, 0) is 36.4 Å². The second-order valence-corrected chi connectivity index (χ2v) is 6.61. The largest absolute Gasteiger partial charge is 0.330 e. The van der Waals surface area contributed by atoms with Gasteiger partial charge in [0.25, 0.3) is 0 Å². The Morgan fingerprint density at radius 2 is 2.11 bits per heavy atom. The molecule has 19 heavy (non-hydrogen) atoms. The predicted octanol–water partition coefficient (Wildman–Crippen LogP) is 5.35. The van der Waals surface area contributed by atoms with Gasteiger partial charge in [-0.1, -0.05) is 50.4 Å². The molecule has 0 saturated carbocycles. The first-order chi connectivity index (χ1) is 9.19. The molecule has 0 saturated heterocycles. The van der Waals surface area contributed by atoms with Crippen LogP contribution in [0.4, 0.5) is 0 Å². The van der Waals surface area contributed by atoms with Crippen LogP contribution in [0.1, 0.15) is 49.5 Å². The molecular weight excluding hydrogens is 274 g/mol. The quantitative estimate of drug-likeness (QED) is 0.714. The Morgan fingerprint density at radius 3 is 2.79 bits per heavy atom. The van der Waals surface area contributed by atoms with E-state index in [-0.39, 0.29) is 0 Å². The van der Waals surface area contributed by atoms with Crippen LogP contribution >= 0.6 is 22.9 Å². The van der Waals surface area contributed by atoms with E-state index >= 15 is 0 Å². The van der Waals surface area contributed by atoms with Crippen molar-refractivity contribution in [3.63, 3.8) is 0 Å². The third-order valence-electron chi connectivity index (χ3n) is 3.63. The Balaban J connectivity index is 2.46. The van der Waals surface area contributed by atoms with E-state index in [0.29, 0.717) is 12.5 Å². The van der Waals surface area contributed by atoms with Crippen molar-refractivity contribution in [2.75, 3.05) is 6.54 Å². The van der Waals surface area contributed by atoms with Crippen LogP contribution in [-0.2, 0) is 6.42 Å². The summed E-state index contributed by atoms with van der Waals surface area (Å²) in [7, 11) is 0. The lowest BCUT2D eigenvalue weighted by molar-refractivity contribution is 0.707. The van der Waals surface area contributed by atoms with Crippen molar-refractivity contribution in [2.45, 2.75) is 45.4 Å². The third kappa shape index (κ3) is 3.13. The lowest BCUT2D eigenvalue weighted by atomic mass is 9.98. The first-order valence-electron chi connectivity index (χ1n) is 7.08. The van der Waals surface area contributed by atoms with Gasteiger partial charge in [0, 0.05) is 10.8 Å². The summed E-state index contributed by atoms with van der Waals surface area (Å²) in [6, 6.07) is 6.23. The average molecular weight is 296 g/mol. The van der Waals surface area contributed by atoms with Gasteiger partial charge in [-0.2, -0.15) is 0 Å². The number of rotatable bonds is 6. The number of halogens is 1. The van der Waals surface area contributed by atoms with Gasteiger partial charge in [0.15, 0.2) is 0 Å². The fourth-order valence-electron chi connectivity index (χ4n) is 2.47. The van der Waals surface area contributed by atoms with Crippen molar-refractivity contribution in [3.8, 4) is 0 Å². The minimum atomic E-state index is 0.421. The van der Waals surface area contributed by atoms with Crippen LogP contribution in [0.15, 0.2) is 18.2 Å². The van der Waals surface area contributed by atoms with Gasteiger partial charge in [0.1, 0.15) is 0 Å². The molecule has 2 rings (SSSR count). The lowest BCUT2D eigenvalue weighted by Gasteiger charge is -2.10. The Labute approximate surface area is 124 Å². The molecule has 0 amide bonds. The van der Waals surface area contributed by atoms with E-state index in [0.717, 1.165) is 11.4 Å². The Bertz CT molecular complexity index is 547. The van der Waals surface area contributed by atoms with Gasteiger partial charge < -0.3 is 5.73 Å². The smallest absolute Gasteiger partial charge is 0.0584 e. The monoisotopic (exact) mass is 295 g/mol. The maximum atomic E-state index is 6.33.